The summed E-state index contributed by atoms with van der Waals surface area (Å²) in [6.45, 7) is 0.171. The highest BCUT2D eigenvalue weighted by Crippen LogP contribution is 2.22. The first-order valence-electron chi connectivity index (χ1n) is 5.15. The van der Waals surface area contributed by atoms with E-state index in [9.17, 15) is 18.0 Å². The van der Waals surface area contributed by atoms with Crippen LogP contribution in [0.2, 0.25) is 0 Å². The quantitative estimate of drug-likeness (QED) is 0.868. The number of rotatable bonds is 3. The molecule has 2 N–H and O–H groups in total. The van der Waals surface area contributed by atoms with E-state index in [1.165, 1.54) is 19.1 Å². The van der Waals surface area contributed by atoms with Crippen molar-refractivity contribution in [1.29, 1.82) is 0 Å². The van der Waals surface area contributed by atoms with Crippen LogP contribution in [0.15, 0.2) is 22.7 Å². The van der Waals surface area contributed by atoms with Gasteiger partial charge in [0.1, 0.15) is 6.54 Å². The van der Waals surface area contributed by atoms with Crippen molar-refractivity contribution >= 4 is 27.5 Å². The predicted octanol–water partition coefficient (Wildman–Crippen LogP) is 3.06. The lowest BCUT2D eigenvalue weighted by atomic mass is 10.1. The fourth-order valence-electron chi connectivity index (χ4n) is 1.44. The summed E-state index contributed by atoms with van der Waals surface area (Å²) in [4.78, 5) is 12.6. The molecule has 0 aliphatic carbocycles. The van der Waals surface area contributed by atoms with Gasteiger partial charge >= 0.3 is 6.18 Å². The zero-order valence-corrected chi connectivity index (χ0v) is 11.2. The fraction of sp³-hybridized carbons (Fsp3) is 0.364. The SMILES string of the molecule is CCN(CC(F)(F)F)C(=O)c1ccc(Br)cc1N. The molecule has 100 valence electrons. The van der Waals surface area contributed by atoms with Gasteiger partial charge in [-0.2, -0.15) is 13.2 Å². The Labute approximate surface area is 111 Å². The third-order valence-corrected chi connectivity index (χ3v) is 2.78. The van der Waals surface area contributed by atoms with Crippen LogP contribution in [-0.2, 0) is 0 Å². The Bertz CT molecular complexity index is 448. The number of hydrogen-bond acceptors (Lipinski definition) is 2. The molecule has 0 saturated heterocycles. The molecule has 0 aromatic heterocycles. The van der Waals surface area contributed by atoms with Crippen LogP contribution < -0.4 is 5.73 Å². The minimum atomic E-state index is -4.42. The molecule has 0 bridgehead atoms. The first kappa shape index (κ1) is 14.8. The average Bonchev–Trinajstić information content (AvgIpc) is 2.24. The lowest BCUT2D eigenvalue weighted by Gasteiger charge is -2.23. The molecule has 18 heavy (non-hydrogen) atoms. The third kappa shape index (κ3) is 3.90. The van der Waals surface area contributed by atoms with Crippen molar-refractivity contribution in [1.82, 2.24) is 4.90 Å². The Morgan fingerprint density at radius 3 is 2.50 bits per heavy atom. The second kappa shape index (κ2) is 5.60. The predicted molar refractivity (Wildman–Crippen MR) is 66.2 cm³/mol. The minimum Gasteiger partial charge on any atom is -0.398 e. The number of amides is 1. The van der Waals surface area contributed by atoms with Crippen LogP contribution in [0.4, 0.5) is 18.9 Å². The van der Waals surface area contributed by atoms with E-state index < -0.39 is 18.6 Å². The summed E-state index contributed by atoms with van der Waals surface area (Å²) in [6.07, 6.45) is -4.42. The number of hydrogen-bond donors (Lipinski definition) is 1. The van der Waals surface area contributed by atoms with Gasteiger partial charge in [-0.3, -0.25) is 4.79 Å². The van der Waals surface area contributed by atoms with Gasteiger partial charge < -0.3 is 10.6 Å². The molecule has 0 radical (unpaired) electrons. The molecule has 1 amide bonds. The Morgan fingerprint density at radius 2 is 2.06 bits per heavy atom. The number of carbonyl (C=O) groups excluding carboxylic acids is 1. The number of benzene rings is 1. The molecular formula is C11H12BrF3N2O. The number of carbonyl (C=O) groups is 1. The van der Waals surface area contributed by atoms with Crippen LogP contribution in [0.25, 0.3) is 0 Å². The summed E-state index contributed by atoms with van der Waals surface area (Å²) in [5.74, 6) is -0.722. The molecule has 1 aromatic carbocycles. The smallest absolute Gasteiger partial charge is 0.398 e. The van der Waals surface area contributed by atoms with E-state index in [2.05, 4.69) is 15.9 Å². The van der Waals surface area contributed by atoms with Crippen LogP contribution in [0.5, 0.6) is 0 Å². The van der Waals surface area contributed by atoms with E-state index in [0.717, 1.165) is 0 Å². The molecule has 0 heterocycles. The maximum absolute atomic E-state index is 12.3. The number of halogens is 4. The van der Waals surface area contributed by atoms with E-state index >= 15 is 0 Å². The maximum Gasteiger partial charge on any atom is 0.406 e. The third-order valence-electron chi connectivity index (χ3n) is 2.28. The Hall–Kier alpha value is -1.24. The average molecular weight is 325 g/mol. The molecule has 1 rings (SSSR count). The normalized spacial score (nSPS) is 11.4. The van der Waals surface area contributed by atoms with Crippen molar-refractivity contribution in [2.24, 2.45) is 0 Å². The molecule has 0 spiro atoms. The lowest BCUT2D eigenvalue weighted by molar-refractivity contribution is -0.140. The largest absolute Gasteiger partial charge is 0.406 e. The Balaban J connectivity index is 2.97. The van der Waals surface area contributed by atoms with Crippen LogP contribution in [0, 0.1) is 0 Å². The second-order valence-corrected chi connectivity index (χ2v) is 4.58. The summed E-state index contributed by atoms with van der Waals surface area (Å²) in [7, 11) is 0. The fourth-order valence-corrected chi connectivity index (χ4v) is 1.82. The van der Waals surface area contributed by atoms with Gasteiger partial charge in [0, 0.05) is 16.7 Å². The van der Waals surface area contributed by atoms with Crippen molar-refractivity contribution < 1.29 is 18.0 Å². The number of alkyl halides is 3. The summed E-state index contributed by atoms with van der Waals surface area (Å²) in [5.41, 5.74) is 5.84. The number of nitrogen functional groups attached to an aromatic ring is 1. The molecule has 7 heteroatoms. The molecule has 0 fully saturated rings. The summed E-state index contributed by atoms with van der Waals surface area (Å²) in [5, 5.41) is 0. The molecule has 0 saturated carbocycles. The van der Waals surface area contributed by atoms with Crippen molar-refractivity contribution in [2.75, 3.05) is 18.8 Å². The Morgan fingerprint density at radius 1 is 1.44 bits per heavy atom. The molecule has 1 aromatic rings. The van der Waals surface area contributed by atoms with E-state index in [1.807, 2.05) is 0 Å². The summed E-state index contributed by atoms with van der Waals surface area (Å²) >= 11 is 3.16. The van der Waals surface area contributed by atoms with Crippen LogP contribution in [0.1, 0.15) is 17.3 Å². The topological polar surface area (TPSA) is 46.3 Å². The first-order chi connectivity index (χ1) is 8.24. The highest BCUT2D eigenvalue weighted by Gasteiger charge is 2.33. The highest BCUT2D eigenvalue weighted by molar-refractivity contribution is 9.10. The van der Waals surface area contributed by atoms with Gasteiger partial charge in [0.05, 0.1) is 5.56 Å². The van der Waals surface area contributed by atoms with E-state index in [1.54, 1.807) is 6.07 Å². The van der Waals surface area contributed by atoms with Crippen molar-refractivity contribution in [2.45, 2.75) is 13.1 Å². The Kier molecular flexibility index (Phi) is 4.61. The molecule has 0 aliphatic rings. The van der Waals surface area contributed by atoms with Gasteiger partial charge in [0.15, 0.2) is 0 Å². The van der Waals surface area contributed by atoms with Crippen molar-refractivity contribution in [3.8, 4) is 0 Å². The van der Waals surface area contributed by atoms with E-state index in [-0.39, 0.29) is 17.8 Å². The molecular weight excluding hydrogens is 313 g/mol. The number of anilines is 1. The monoisotopic (exact) mass is 324 g/mol. The van der Waals surface area contributed by atoms with Crippen LogP contribution >= 0.6 is 15.9 Å². The van der Waals surface area contributed by atoms with Gasteiger partial charge in [-0.05, 0) is 25.1 Å². The van der Waals surface area contributed by atoms with Crippen LogP contribution in [0.3, 0.4) is 0 Å². The number of nitrogens with two attached hydrogens (primary N) is 1. The molecule has 0 atom stereocenters. The molecule has 0 unspecified atom stereocenters. The second-order valence-electron chi connectivity index (χ2n) is 3.67. The van der Waals surface area contributed by atoms with Gasteiger partial charge in [-0.1, -0.05) is 15.9 Å². The van der Waals surface area contributed by atoms with Crippen molar-refractivity contribution in [3.63, 3.8) is 0 Å². The standard InChI is InChI=1S/C11H12BrF3N2O/c1-2-17(6-11(13,14)15)10(18)8-4-3-7(12)5-9(8)16/h3-5H,2,6,16H2,1H3. The zero-order valence-electron chi connectivity index (χ0n) is 9.59. The summed E-state index contributed by atoms with van der Waals surface area (Å²) in [6, 6.07) is 4.44. The number of nitrogens with zero attached hydrogens (tertiary/aromatic N) is 1. The minimum absolute atomic E-state index is 0.0339. The van der Waals surface area contributed by atoms with Crippen LogP contribution in [-0.4, -0.2) is 30.1 Å². The van der Waals surface area contributed by atoms with E-state index in [0.29, 0.717) is 9.37 Å². The van der Waals surface area contributed by atoms with Crippen molar-refractivity contribution in [3.05, 3.63) is 28.2 Å². The maximum atomic E-state index is 12.3. The van der Waals surface area contributed by atoms with Gasteiger partial charge in [-0.25, -0.2) is 0 Å². The first-order valence-corrected chi connectivity index (χ1v) is 5.95. The zero-order chi connectivity index (χ0) is 13.9. The van der Waals surface area contributed by atoms with Gasteiger partial charge in [-0.15, -0.1) is 0 Å². The molecule has 3 nitrogen and oxygen atoms in total. The highest BCUT2D eigenvalue weighted by atomic mass is 79.9. The lowest BCUT2D eigenvalue weighted by Crippen LogP contribution is -2.39. The molecule has 0 aliphatic heterocycles. The van der Waals surface area contributed by atoms with E-state index in [4.69, 9.17) is 5.73 Å². The van der Waals surface area contributed by atoms with Gasteiger partial charge in [0.25, 0.3) is 5.91 Å². The van der Waals surface area contributed by atoms with Gasteiger partial charge in [0.2, 0.25) is 0 Å². The summed E-state index contributed by atoms with van der Waals surface area (Å²) < 4.78 is 37.6.